The quantitative estimate of drug-likeness (QED) is 0.677. The second-order valence-electron chi connectivity index (χ2n) is 4.43. The van der Waals surface area contributed by atoms with E-state index in [1.165, 1.54) is 11.3 Å². The number of rotatable bonds is 8. The van der Waals surface area contributed by atoms with E-state index >= 15 is 0 Å². The van der Waals surface area contributed by atoms with Crippen LogP contribution in [0.2, 0.25) is 0 Å². The van der Waals surface area contributed by atoms with Gasteiger partial charge in [0.2, 0.25) is 10.0 Å². The normalized spacial score (nSPS) is 11.9. The summed E-state index contributed by atoms with van der Waals surface area (Å²) in [7, 11) is -3.59. The van der Waals surface area contributed by atoms with Gasteiger partial charge in [-0.15, -0.1) is 11.3 Å². The Balaban J connectivity index is 2.05. The first-order valence-corrected chi connectivity index (χ1v) is 9.69. The molecule has 0 radical (unpaired) electrons. The third-order valence-corrected chi connectivity index (χ3v) is 5.87. The zero-order valence-corrected chi connectivity index (χ0v) is 14.8. The average molecular weight is 393 g/mol. The molecule has 0 bridgehead atoms. The van der Waals surface area contributed by atoms with Crippen LogP contribution in [0.25, 0.3) is 0 Å². The topological polar surface area (TPSA) is 71.3 Å². The highest BCUT2D eigenvalue weighted by molar-refractivity contribution is 9.10. The smallest absolute Gasteiger partial charge is 0.245 e. The number of nitrogens with one attached hydrogen (secondary N) is 2. The number of hydrogen-bond acceptors (Lipinski definition) is 5. The van der Waals surface area contributed by atoms with Gasteiger partial charge in [-0.05, 0) is 40.3 Å². The Morgan fingerprint density at radius 3 is 2.86 bits per heavy atom. The fourth-order valence-electron chi connectivity index (χ4n) is 1.71. The lowest BCUT2D eigenvalue weighted by Crippen LogP contribution is -2.22. The SMILES string of the molecule is CCCNCc1cc(S(=O)(=O)NCc2cccs2)c(Br)o1. The lowest BCUT2D eigenvalue weighted by Gasteiger charge is -2.03. The van der Waals surface area contributed by atoms with E-state index in [1.807, 2.05) is 17.5 Å². The largest absolute Gasteiger partial charge is 0.452 e. The first-order chi connectivity index (χ1) is 10.0. The number of hydrogen-bond donors (Lipinski definition) is 2. The maximum atomic E-state index is 12.3. The van der Waals surface area contributed by atoms with Gasteiger partial charge in [-0.2, -0.15) is 0 Å². The maximum absolute atomic E-state index is 12.3. The molecule has 0 atom stereocenters. The van der Waals surface area contributed by atoms with Crippen molar-refractivity contribution in [2.24, 2.45) is 0 Å². The molecule has 0 spiro atoms. The Morgan fingerprint density at radius 2 is 2.19 bits per heavy atom. The van der Waals surface area contributed by atoms with Gasteiger partial charge in [-0.25, -0.2) is 13.1 Å². The second kappa shape index (κ2) is 7.55. The lowest BCUT2D eigenvalue weighted by atomic mass is 10.4. The Hall–Kier alpha value is -0.670. The summed E-state index contributed by atoms with van der Waals surface area (Å²) >= 11 is 4.68. The predicted molar refractivity (Wildman–Crippen MR) is 86.8 cm³/mol. The van der Waals surface area contributed by atoms with Gasteiger partial charge < -0.3 is 9.73 Å². The molecule has 2 heterocycles. The molecular formula is C13H17BrN2O3S2. The van der Waals surface area contributed by atoms with E-state index in [0.717, 1.165) is 17.8 Å². The van der Waals surface area contributed by atoms with Gasteiger partial charge >= 0.3 is 0 Å². The van der Waals surface area contributed by atoms with E-state index in [-0.39, 0.29) is 16.1 Å². The average Bonchev–Trinajstić information content (AvgIpc) is 3.07. The second-order valence-corrected chi connectivity index (χ2v) is 7.92. The van der Waals surface area contributed by atoms with Crippen LogP contribution in [-0.2, 0) is 23.1 Å². The van der Waals surface area contributed by atoms with Crippen LogP contribution in [0.15, 0.2) is 37.6 Å². The standard InChI is InChI=1S/C13H17BrN2O3S2/c1-2-5-15-8-10-7-12(13(14)19-10)21(17,18)16-9-11-4-3-6-20-11/h3-4,6-7,15-16H,2,5,8-9H2,1H3. The van der Waals surface area contributed by atoms with Crippen LogP contribution in [-0.4, -0.2) is 15.0 Å². The van der Waals surface area contributed by atoms with Gasteiger partial charge in [-0.1, -0.05) is 13.0 Å². The minimum atomic E-state index is -3.59. The predicted octanol–water partition coefficient (Wildman–Crippen LogP) is 3.08. The van der Waals surface area contributed by atoms with Crippen molar-refractivity contribution < 1.29 is 12.8 Å². The number of halogens is 1. The molecular weight excluding hydrogens is 376 g/mol. The molecule has 116 valence electrons. The van der Waals surface area contributed by atoms with E-state index in [0.29, 0.717) is 12.3 Å². The highest BCUT2D eigenvalue weighted by Crippen LogP contribution is 2.26. The number of furan rings is 1. The Labute approximate surface area is 136 Å². The molecule has 5 nitrogen and oxygen atoms in total. The summed E-state index contributed by atoms with van der Waals surface area (Å²) in [4.78, 5) is 1.09. The van der Waals surface area contributed by atoms with Crippen molar-refractivity contribution in [1.29, 1.82) is 0 Å². The van der Waals surface area contributed by atoms with Gasteiger partial charge in [0.1, 0.15) is 10.7 Å². The van der Waals surface area contributed by atoms with Crippen molar-refractivity contribution in [3.05, 3.63) is 38.9 Å². The van der Waals surface area contributed by atoms with Gasteiger partial charge in [0.15, 0.2) is 4.67 Å². The van der Waals surface area contributed by atoms with Crippen molar-refractivity contribution in [2.75, 3.05) is 6.54 Å². The van der Waals surface area contributed by atoms with Crippen LogP contribution in [0, 0.1) is 0 Å². The highest BCUT2D eigenvalue weighted by Gasteiger charge is 2.22. The molecule has 0 amide bonds. The van der Waals surface area contributed by atoms with E-state index in [9.17, 15) is 8.42 Å². The van der Waals surface area contributed by atoms with Crippen LogP contribution < -0.4 is 10.0 Å². The first kappa shape index (κ1) is 16.7. The molecule has 2 aromatic heterocycles. The molecule has 0 aliphatic rings. The Morgan fingerprint density at radius 1 is 1.38 bits per heavy atom. The van der Waals surface area contributed by atoms with Crippen molar-refractivity contribution in [3.8, 4) is 0 Å². The summed E-state index contributed by atoms with van der Waals surface area (Å²) in [5, 5.41) is 5.08. The van der Waals surface area contributed by atoms with Crippen molar-refractivity contribution in [1.82, 2.24) is 10.0 Å². The molecule has 8 heteroatoms. The minimum Gasteiger partial charge on any atom is -0.452 e. The third-order valence-electron chi connectivity index (χ3n) is 2.74. The van der Waals surface area contributed by atoms with E-state index in [4.69, 9.17) is 4.42 Å². The molecule has 21 heavy (non-hydrogen) atoms. The molecule has 0 saturated carbocycles. The first-order valence-electron chi connectivity index (χ1n) is 6.54. The molecule has 0 saturated heterocycles. The van der Waals surface area contributed by atoms with E-state index in [1.54, 1.807) is 6.07 Å². The maximum Gasteiger partial charge on any atom is 0.245 e. The molecule has 0 aromatic carbocycles. The summed E-state index contributed by atoms with van der Waals surface area (Å²) in [5.41, 5.74) is 0. The summed E-state index contributed by atoms with van der Waals surface area (Å²) < 4.78 is 32.8. The summed E-state index contributed by atoms with van der Waals surface area (Å²) in [6.45, 7) is 3.71. The van der Waals surface area contributed by atoms with Gasteiger partial charge in [0.25, 0.3) is 0 Å². The number of sulfonamides is 1. The molecule has 2 rings (SSSR count). The highest BCUT2D eigenvalue weighted by atomic mass is 79.9. The molecule has 0 aliphatic carbocycles. The van der Waals surface area contributed by atoms with E-state index < -0.39 is 10.0 Å². The molecule has 2 aromatic rings. The zero-order chi connectivity index (χ0) is 15.3. The minimum absolute atomic E-state index is 0.132. The van der Waals surface area contributed by atoms with Crippen LogP contribution in [0.1, 0.15) is 24.0 Å². The van der Waals surface area contributed by atoms with Crippen LogP contribution in [0.4, 0.5) is 0 Å². The lowest BCUT2D eigenvalue weighted by molar-refractivity contribution is 0.461. The van der Waals surface area contributed by atoms with Crippen LogP contribution in [0.3, 0.4) is 0 Å². The fourth-order valence-corrected chi connectivity index (χ4v) is 4.45. The van der Waals surface area contributed by atoms with Gasteiger partial charge in [0.05, 0.1) is 6.54 Å². The van der Waals surface area contributed by atoms with Crippen molar-refractivity contribution >= 4 is 37.3 Å². The summed E-state index contributed by atoms with van der Waals surface area (Å²) in [6, 6.07) is 5.32. The summed E-state index contributed by atoms with van der Waals surface area (Å²) in [5.74, 6) is 0.590. The summed E-state index contributed by atoms with van der Waals surface area (Å²) in [6.07, 6.45) is 1.01. The Bertz CT molecular complexity index is 666. The fraction of sp³-hybridized carbons (Fsp3) is 0.385. The molecule has 0 unspecified atom stereocenters. The van der Waals surface area contributed by atoms with Gasteiger partial charge in [-0.3, -0.25) is 0 Å². The van der Waals surface area contributed by atoms with Crippen molar-refractivity contribution in [2.45, 2.75) is 31.3 Å². The molecule has 2 N–H and O–H groups in total. The van der Waals surface area contributed by atoms with E-state index in [2.05, 4.69) is 32.9 Å². The third kappa shape index (κ3) is 4.65. The number of thiophene rings is 1. The van der Waals surface area contributed by atoms with Crippen LogP contribution in [0.5, 0.6) is 0 Å². The van der Waals surface area contributed by atoms with Gasteiger partial charge in [0, 0.05) is 17.5 Å². The zero-order valence-electron chi connectivity index (χ0n) is 11.6. The Kier molecular flexibility index (Phi) is 6.00. The molecule has 0 fully saturated rings. The van der Waals surface area contributed by atoms with Crippen LogP contribution >= 0.6 is 27.3 Å². The molecule has 0 aliphatic heterocycles. The monoisotopic (exact) mass is 392 g/mol. The van der Waals surface area contributed by atoms with Crippen molar-refractivity contribution in [3.63, 3.8) is 0 Å².